The molecule has 4 heteroatoms. The third-order valence-electron chi connectivity index (χ3n) is 4.30. The smallest absolute Gasteiger partial charge is 0.254 e. The second kappa shape index (κ2) is 4.60. The molecule has 0 spiro atoms. The van der Waals surface area contributed by atoms with Crippen LogP contribution in [0.2, 0.25) is 0 Å². The topological polar surface area (TPSA) is 32.3 Å². The number of hydrogen-bond donors (Lipinski definition) is 1. The molecule has 102 valence electrons. The number of nitrogens with zero attached hydrogens (tertiary/aromatic N) is 1. The van der Waals surface area contributed by atoms with Gasteiger partial charge < -0.3 is 10.2 Å². The number of aryl methyl sites for hydroxylation is 1. The predicted octanol–water partition coefficient (Wildman–Crippen LogP) is 1.96. The van der Waals surface area contributed by atoms with Gasteiger partial charge in [-0.15, -0.1) is 0 Å². The van der Waals surface area contributed by atoms with Crippen molar-refractivity contribution in [1.29, 1.82) is 0 Å². The van der Waals surface area contributed by atoms with Crippen LogP contribution in [0.15, 0.2) is 18.2 Å². The highest BCUT2D eigenvalue weighted by atomic mass is 19.1. The Hall–Kier alpha value is -1.42. The highest BCUT2D eigenvalue weighted by Gasteiger charge is 2.44. The Kier molecular flexibility index (Phi) is 3.05. The SMILES string of the molecule is Cc1cc(F)cc(C(=O)N2C(C)CC3CNCC32)c1. The molecule has 1 aromatic carbocycles. The summed E-state index contributed by atoms with van der Waals surface area (Å²) in [6, 6.07) is 5.08. The number of rotatable bonds is 1. The van der Waals surface area contributed by atoms with Gasteiger partial charge in [-0.3, -0.25) is 4.79 Å². The van der Waals surface area contributed by atoms with Crippen molar-refractivity contribution in [2.45, 2.75) is 32.4 Å². The summed E-state index contributed by atoms with van der Waals surface area (Å²) >= 11 is 0. The first kappa shape index (κ1) is 12.6. The van der Waals surface area contributed by atoms with E-state index in [0.717, 1.165) is 25.1 Å². The van der Waals surface area contributed by atoms with E-state index in [2.05, 4.69) is 12.2 Å². The molecule has 0 aliphatic carbocycles. The lowest BCUT2D eigenvalue weighted by Gasteiger charge is -2.27. The van der Waals surface area contributed by atoms with Crippen molar-refractivity contribution in [1.82, 2.24) is 10.2 Å². The van der Waals surface area contributed by atoms with Gasteiger partial charge >= 0.3 is 0 Å². The number of amides is 1. The van der Waals surface area contributed by atoms with E-state index in [1.807, 2.05) is 11.8 Å². The van der Waals surface area contributed by atoms with Gasteiger partial charge in [-0.2, -0.15) is 0 Å². The summed E-state index contributed by atoms with van der Waals surface area (Å²) in [5, 5.41) is 3.34. The molecule has 3 nitrogen and oxygen atoms in total. The lowest BCUT2D eigenvalue weighted by molar-refractivity contribution is 0.0681. The van der Waals surface area contributed by atoms with Gasteiger partial charge in [-0.1, -0.05) is 0 Å². The zero-order valence-electron chi connectivity index (χ0n) is 11.3. The zero-order chi connectivity index (χ0) is 13.6. The largest absolute Gasteiger partial charge is 0.331 e. The second-order valence-corrected chi connectivity index (χ2v) is 5.80. The Balaban J connectivity index is 1.90. The minimum absolute atomic E-state index is 0.0358. The average molecular weight is 262 g/mol. The molecule has 0 bridgehead atoms. The van der Waals surface area contributed by atoms with Crippen LogP contribution in [0, 0.1) is 18.7 Å². The fraction of sp³-hybridized carbons (Fsp3) is 0.533. The van der Waals surface area contributed by atoms with E-state index >= 15 is 0 Å². The summed E-state index contributed by atoms with van der Waals surface area (Å²) in [4.78, 5) is 14.6. The van der Waals surface area contributed by atoms with Crippen LogP contribution in [0.3, 0.4) is 0 Å². The number of benzene rings is 1. The van der Waals surface area contributed by atoms with Gasteiger partial charge in [0.05, 0.1) is 0 Å². The van der Waals surface area contributed by atoms with Crippen LogP contribution in [0.4, 0.5) is 4.39 Å². The van der Waals surface area contributed by atoms with Gasteiger partial charge in [0, 0.05) is 30.7 Å². The van der Waals surface area contributed by atoms with Crippen LogP contribution in [-0.2, 0) is 0 Å². The van der Waals surface area contributed by atoms with Gasteiger partial charge in [0.25, 0.3) is 5.91 Å². The van der Waals surface area contributed by atoms with Crippen LogP contribution in [0.5, 0.6) is 0 Å². The summed E-state index contributed by atoms with van der Waals surface area (Å²) in [6.07, 6.45) is 1.04. The van der Waals surface area contributed by atoms with Crippen molar-refractivity contribution in [3.8, 4) is 0 Å². The van der Waals surface area contributed by atoms with E-state index < -0.39 is 0 Å². The summed E-state index contributed by atoms with van der Waals surface area (Å²) in [7, 11) is 0. The van der Waals surface area contributed by atoms with E-state index in [4.69, 9.17) is 0 Å². The molecule has 2 heterocycles. The maximum absolute atomic E-state index is 13.5. The number of hydrogen-bond acceptors (Lipinski definition) is 2. The van der Waals surface area contributed by atoms with Crippen molar-refractivity contribution >= 4 is 5.91 Å². The van der Waals surface area contributed by atoms with Crippen LogP contribution in [-0.4, -0.2) is 36.0 Å². The van der Waals surface area contributed by atoms with E-state index in [9.17, 15) is 9.18 Å². The van der Waals surface area contributed by atoms with E-state index in [1.54, 1.807) is 6.07 Å². The molecular formula is C15H19FN2O. The molecular weight excluding hydrogens is 243 g/mol. The van der Waals surface area contributed by atoms with Crippen LogP contribution in [0.1, 0.15) is 29.3 Å². The lowest BCUT2D eigenvalue weighted by atomic mass is 10.0. The first-order valence-electron chi connectivity index (χ1n) is 6.87. The van der Waals surface area contributed by atoms with Gasteiger partial charge in [-0.25, -0.2) is 4.39 Å². The molecule has 0 radical (unpaired) electrons. The first-order valence-corrected chi connectivity index (χ1v) is 6.87. The molecule has 0 aromatic heterocycles. The fourth-order valence-corrected chi connectivity index (χ4v) is 3.52. The first-order chi connectivity index (χ1) is 9.06. The Bertz CT molecular complexity index is 497. The monoisotopic (exact) mass is 262 g/mol. The number of carbonyl (C=O) groups is 1. The Morgan fingerprint density at radius 3 is 2.89 bits per heavy atom. The lowest BCUT2D eigenvalue weighted by Crippen LogP contribution is -2.42. The summed E-state index contributed by atoms with van der Waals surface area (Å²) in [5.74, 6) is 0.177. The van der Waals surface area contributed by atoms with Gasteiger partial charge in [0.2, 0.25) is 0 Å². The minimum Gasteiger partial charge on any atom is -0.331 e. The highest BCUT2D eigenvalue weighted by molar-refractivity contribution is 5.95. The third kappa shape index (κ3) is 2.14. The van der Waals surface area contributed by atoms with Crippen molar-refractivity contribution < 1.29 is 9.18 Å². The maximum atomic E-state index is 13.5. The minimum atomic E-state index is -0.337. The van der Waals surface area contributed by atoms with Gasteiger partial charge in [0.1, 0.15) is 5.82 Å². The number of carbonyl (C=O) groups excluding carboxylic acids is 1. The van der Waals surface area contributed by atoms with Crippen LogP contribution >= 0.6 is 0 Å². The number of likely N-dealkylation sites (tertiary alicyclic amines) is 1. The predicted molar refractivity (Wildman–Crippen MR) is 71.5 cm³/mol. The number of fused-ring (bicyclic) bond motifs is 1. The molecule has 1 amide bonds. The molecule has 1 aromatic rings. The Labute approximate surface area is 112 Å². The van der Waals surface area contributed by atoms with Gasteiger partial charge in [0.15, 0.2) is 0 Å². The van der Waals surface area contributed by atoms with Crippen LogP contribution < -0.4 is 5.32 Å². The van der Waals surface area contributed by atoms with Crippen molar-refractivity contribution in [2.75, 3.05) is 13.1 Å². The molecule has 2 aliphatic heterocycles. The standard InChI is InChI=1S/C15H19FN2O/c1-9-3-11(6-13(16)4-9)15(19)18-10(2)5-12-7-17-8-14(12)18/h3-4,6,10,12,14,17H,5,7-8H2,1-2H3. The van der Waals surface area contributed by atoms with Crippen LogP contribution in [0.25, 0.3) is 0 Å². The van der Waals surface area contributed by atoms with Crippen molar-refractivity contribution in [2.24, 2.45) is 5.92 Å². The highest BCUT2D eigenvalue weighted by Crippen LogP contribution is 2.33. The molecule has 2 saturated heterocycles. The molecule has 3 unspecified atom stereocenters. The fourth-order valence-electron chi connectivity index (χ4n) is 3.52. The Morgan fingerprint density at radius 1 is 1.37 bits per heavy atom. The summed E-state index contributed by atoms with van der Waals surface area (Å²) < 4.78 is 13.5. The van der Waals surface area contributed by atoms with E-state index in [1.165, 1.54) is 12.1 Å². The molecule has 3 rings (SSSR count). The molecule has 19 heavy (non-hydrogen) atoms. The zero-order valence-corrected chi connectivity index (χ0v) is 11.3. The Morgan fingerprint density at radius 2 is 2.16 bits per heavy atom. The third-order valence-corrected chi connectivity index (χ3v) is 4.30. The molecule has 2 aliphatic rings. The number of halogens is 1. The van der Waals surface area contributed by atoms with Crippen molar-refractivity contribution in [3.63, 3.8) is 0 Å². The van der Waals surface area contributed by atoms with Gasteiger partial charge in [-0.05, 0) is 49.9 Å². The summed E-state index contributed by atoms with van der Waals surface area (Å²) in [5.41, 5.74) is 1.26. The van der Waals surface area contributed by atoms with E-state index in [-0.39, 0.29) is 23.8 Å². The average Bonchev–Trinajstić information content (AvgIpc) is 2.86. The molecule has 1 N–H and O–H groups in total. The van der Waals surface area contributed by atoms with E-state index in [0.29, 0.717) is 11.5 Å². The molecule has 2 fully saturated rings. The maximum Gasteiger partial charge on any atom is 0.254 e. The summed E-state index contributed by atoms with van der Waals surface area (Å²) in [6.45, 7) is 5.74. The number of nitrogens with one attached hydrogen (secondary N) is 1. The normalized spacial score (nSPS) is 29.6. The second-order valence-electron chi connectivity index (χ2n) is 5.80. The molecule has 3 atom stereocenters. The van der Waals surface area contributed by atoms with Crippen molar-refractivity contribution in [3.05, 3.63) is 35.1 Å². The molecule has 0 saturated carbocycles. The quantitative estimate of drug-likeness (QED) is 0.839.